The van der Waals surface area contributed by atoms with Gasteiger partial charge in [0, 0.05) is 12.1 Å². The van der Waals surface area contributed by atoms with Gasteiger partial charge in [0.1, 0.15) is 11.8 Å². The highest BCUT2D eigenvalue weighted by Crippen LogP contribution is 2.22. The minimum absolute atomic E-state index is 0.277. The van der Waals surface area contributed by atoms with E-state index in [4.69, 9.17) is 4.74 Å². The van der Waals surface area contributed by atoms with Crippen LogP contribution in [0.1, 0.15) is 43.3 Å². The maximum absolute atomic E-state index is 13.4. The average Bonchev–Trinajstić information content (AvgIpc) is 3.20. The topological polar surface area (TPSA) is 91.0 Å². The van der Waals surface area contributed by atoms with Gasteiger partial charge in [-0.1, -0.05) is 43.3 Å². The lowest BCUT2D eigenvalue weighted by Crippen LogP contribution is -2.38. The number of hydrogen-bond donors (Lipinski definition) is 1. The maximum atomic E-state index is 13.4. The zero-order valence-electron chi connectivity index (χ0n) is 19.9. The van der Waals surface area contributed by atoms with Crippen molar-refractivity contribution in [3.8, 4) is 11.4 Å². The van der Waals surface area contributed by atoms with Crippen molar-refractivity contribution >= 4 is 16.8 Å². The Morgan fingerprint density at radius 1 is 1.03 bits per heavy atom. The summed E-state index contributed by atoms with van der Waals surface area (Å²) in [4.78, 5) is 26.6. The molecule has 1 amide bonds. The number of carbonyl (C=O) groups excluding carboxylic acids is 1. The number of para-hydroxylation sites is 2. The van der Waals surface area contributed by atoms with E-state index in [9.17, 15) is 9.59 Å². The molecule has 4 aromatic rings. The molecular weight excluding hydrogens is 430 g/mol. The van der Waals surface area contributed by atoms with Gasteiger partial charge in [-0.05, 0) is 45.4 Å². The highest BCUT2D eigenvalue weighted by Gasteiger charge is 2.25. The van der Waals surface area contributed by atoms with Gasteiger partial charge >= 0.3 is 0 Å². The van der Waals surface area contributed by atoms with E-state index in [1.807, 2.05) is 82.3 Å². The highest BCUT2D eigenvalue weighted by atomic mass is 16.5. The second-order valence-corrected chi connectivity index (χ2v) is 8.07. The summed E-state index contributed by atoms with van der Waals surface area (Å²) in [6, 6.07) is 16.5. The number of aryl methyl sites for hydroxylation is 2. The molecule has 2 aromatic carbocycles. The van der Waals surface area contributed by atoms with Crippen molar-refractivity contribution in [1.82, 2.24) is 24.9 Å². The predicted molar refractivity (Wildman–Crippen MR) is 131 cm³/mol. The van der Waals surface area contributed by atoms with E-state index < -0.39 is 6.04 Å². The molecule has 0 unspecified atom stereocenters. The van der Waals surface area contributed by atoms with Gasteiger partial charge in [0.2, 0.25) is 5.91 Å². The number of amides is 1. The molecule has 8 heteroatoms. The number of fused-ring (bicyclic) bond motifs is 1. The van der Waals surface area contributed by atoms with Crippen LogP contribution in [0.2, 0.25) is 0 Å². The monoisotopic (exact) mass is 459 g/mol. The molecule has 1 N–H and O–H groups in total. The molecule has 0 saturated carbocycles. The maximum Gasteiger partial charge on any atom is 0.295 e. The van der Waals surface area contributed by atoms with Crippen LogP contribution in [0, 0.1) is 13.8 Å². The Balaban J connectivity index is 1.67. The van der Waals surface area contributed by atoms with E-state index in [1.165, 1.54) is 4.68 Å². The second-order valence-electron chi connectivity index (χ2n) is 8.07. The van der Waals surface area contributed by atoms with Crippen molar-refractivity contribution < 1.29 is 9.53 Å². The molecule has 0 radical (unpaired) electrons. The van der Waals surface area contributed by atoms with Crippen LogP contribution >= 0.6 is 0 Å². The Labute approximate surface area is 198 Å². The van der Waals surface area contributed by atoms with Gasteiger partial charge in [-0.2, -0.15) is 10.2 Å². The Bertz CT molecular complexity index is 1370. The minimum atomic E-state index is -0.753. The third-order valence-corrected chi connectivity index (χ3v) is 5.86. The Hall–Kier alpha value is -3.94. The van der Waals surface area contributed by atoms with Crippen molar-refractivity contribution in [2.24, 2.45) is 0 Å². The summed E-state index contributed by atoms with van der Waals surface area (Å²) in [5.41, 5.74) is 3.15. The smallest absolute Gasteiger partial charge is 0.295 e. The fraction of sp³-hybridized carbons (Fsp3) is 0.308. The number of nitrogens with zero attached hydrogens (tertiary/aromatic N) is 4. The Kier molecular flexibility index (Phi) is 6.77. The van der Waals surface area contributed by atoms with E-state index in [0.29, 0.717) is 36.2 Å². The SMILES string of the molecule is CCOc1ccccc1CNC(=O)[C@@H](CC)n1nc(C)c2c(C)n(-c3ccccc3)nc2c1=O. The molecule has 0 aliphatic carbocycles. The first-order chi connectivity index (χ1) is 16.5. The summed E-state index contributed by atoms with van der Waals surface area (Å²) in [5, 5.41) is 12.8. The summed E-state index contributed by atoms with van der Waals surface area (Å²) in [7, 11) is 0. The molecule has 0 saturated heterocycles. The number of hydrogen-bond acceptors (Lipinski definition) is 5. The molecule has 0 aliphatic heterocycles. The fourth-order valence-electron chi connectivity index (χ4n) is 4.20. The van der Waals surface area contributed by atoms with Crippen molar-refractivity contribution in [2.75, 3.05) is 6.61 Å². The van der Waals surface area contributed by atoms with Crippen LogP contribution < -0.4 is 15.6 Å². The van der Waals surface area contributed by atoms with Crippen LogP contribution in [0.4, 0.5) is 0 Å². The number of ether oxygens (including phenoxy) is 1. The molecule has 176 valence electrons. The van der Waals surface area contributed by atoms with Gasteiger partial charge in [0.25, 0.3) is 5.56 Å². The molecular formula is C26H29N5O3. The molecule has 0 bridgehead atoms. The van der Waals surface area contributed by atoms with E-state index >= 15 is 0 Å². The molecule has 0 fully saturated rings. The number of rotatable bonds is 8. The van der Waals surface area contributed by atoms with Crippen LogP contribution in [-0.4, -0.2) is 32.1 Å². The molecule has 2 heterocycles. The highest BCUT2D eigenvalue weighted by molar-refractivity contribution is 5.84. The third-order valence-electron chi connectivity index (χ3n) is 5.86. The van der Waals surface area contributed by atoms with E-state index in [-0.39, 0.29) is 11.5 Å². The average molecular weight is 460 g/mol. The molecule has 4 rings (SSSR count). The standard InChI is InChI=1S/C26H29N5O3/c1-5-21(25(32)27-16-19-12-10-11-15-22(19)34-6-2)31-26(33)24-23(17(3)28-31)18(4)30(29-24)20-13-8-7-9-14-20/h7-15,21H,5-6,16H2,1-4H3,(H,27,32)/t21-/m1/s1. The lowest BCUT2D eigenvalue weighted by Gasteiger charge is -2.18. The fourth-order valence-corrected chi connectivity index (χ4v) is 4.20. The lowest BCUT2D eigenvalue weighted by atomic mass is 10.1. The van der Waals surface area contributed by atoms with Crippen molar-refractivity contribution in [1.29, 1.82) is 0 Å². The van der Waals surface area contributed by atoms with Crippen LogP contribution in [0.3, 0.4) is 0 Å². The Morgan fingerprint density at radius 2 is 1.74 bits per heavy atom. The zero-order valence-corrected chi connectivity index (χ0v) is 19.9. The first-order valence-electron chi connectivity index (χ1n) is 11.5. The molecule has 0 spiro atoms. The first kappa shape index (κ1) is 23.2. The lowest BCUT2D eigenvalue weighted by molar-refractivity contribution is -0.125. The summed E-state index contributed by atoms with van der Waals surface area (Å²) in [5.74, 6) is 0.453. The number of benzene rings is 2. The first-order valence-corrected chi connectivity index (χ1v) is 11.5. The second kappa shape index (κ2) is 9.91. The predicted octanol–water partition coefficient (Wildman–Crippen LogP) is 3.87. The summed E-state index contributed by atoms with van der Waals surface area (Å²) < 4.78 is 8.66. The number of carbonyl (C=O) groups is 1. The van der Waals surface area contributed by atoms with Crippen molar-refractivity contribution in [2.45, 2.75) is 46.7 Å². The van der Waals surface area contributed by atoms with Crippen molar-refractivity contribution in [3.63, 3.8) is 0 Å². The zero-order chi connectivity index (χ0) is 24.2. The van der Waals surface area contributed by atoms with E-state index in [1.54, 1.807) is 4.68 Å². The van der Waals surface area contributed by atoms with Gasteiger partial charge < -0.3 is 10.1 Å². The van der Waals surface area contributed by atoms with Crippen LogP contribution in [0.25, 0.3) is 16.6 Å². The largest absolute Gasteiger partial charge is 0.494 e. The summed E-state index contributed by atoms with van der Waals surface area (Å²) >= 11 is 0. The van der Waals surface area contributed by atoms with Crippen molar-refractivity contribution in [3.05, 3.63) is 81.9 Å². The Morgan fingerprint density at radius 3 is 2.44 bits per heavy atom. The van der Waals surface area contributed by atoms with Gasteiger partial charge in [0.15, 0.2) is 5.52 Å². The van der Waals surface area contributed by atoms with Gasteiger partial charge in [0.05, 0.1) is 29.1 Å². The molecule has 8 nitrogen and oxygen atoms in total. The summed E-state index contributed by atoms with van der Waals surface area (Å²) in [6.07, 6.45) is 0.412. The van der Waals surface area contributed by atoms with Gasteiger partial charge in [-0.25, -0.2) is 9.36 Å². The van der Waals surface area contributed by atoms with E-state index in [2.05, 4.69) is 15.5 Å². The van der Waals surface area contributed by atoms with Gasteiger partial charge in [-0.3, -0.25) is 9.59 Å². The van der Waals surface area contributed by atoms with Crippen LogP contribution in [-0.2, 0) is 11.3 Å². The summed E-state index contributed by atoms with van der Waals surface area (Å²) in [6.45, 7) is 8.37. The number of nitrogens with one attached hydrogen (secondary N) is 1. The third kappa shape index (κ3) is 4.31. The molecule has 0 aliphatic rings. The number of aromatic nitrogens is 4. The molecule has 1 atom stereocenters. The molecule has 34 heavy (non-hydrogen) atoms. The quantitative estimate of drug-likeness (QED) is 0.432. The van der Waals surface area contributed by atoms with Crippen LogP contribution in [0.5, 0.6) is 5.75 Å². The van der Waals surface area contributed by atoms with Crippen LogP contribution in [0.15, 0.2) is 59.4 Å². The van der Waals surface area contributed by atoms with Gasteiger partial charge in [-0.15, -0.1) is 0 Å². The normalized spacial score (nSPS) is 12.0. The van der Waals surface area contributed by atoms with E-state index in [0.717, 1.165) is 22.7 Å². The molecule has 2 aromatic heterocycles. The minimum Gasteiger partial charge on any atom is -0.494 e.